The van der Waals surface area contributed by atoms with Gasteiger partial charge in [0.05, 0.1) is 13.0 Å². The molecule has 1 amide bonds. The third kappa shape index (κ3) is 5.21. The van der Waals surface area contributed by atoms with Gasteiger partial charge in [0, 0.05) is 0 Å². The van der Waals surface area contributed by atoms with Crippen LogP contribution < -0.4 is 10.6 Å². The highest BCUT2D eigenvalue weighted by Gasteiger charge is 2.09. The molecular weight excluding hydrogens is 300 g/mol. The predicted octanol–water partition coefficient (Wildman–Crippen LogP) is 1.38. The summed E-state index contributed by atoms with van der Waals surface area (Å²) in [6.45, 7) is 4.79. The molecule has 116 valence electrons. The SMILES string of the molecule is CC(C)Cn1nnc(NC(=S)NC(=O)Cc2ccccc2)n1. The number of amides is 1. The van der Waals surface area contributed by atoms with Crippen LogP contribution in [0.4, 0.5) is 5.95 Å². The molecule has 0 atom stereocenters. The summed E-state index contributed by atoms with van der Waals surface area (Å²) in [6.07, 6.45) is 0.260. The molecule has 1 aromatic heterocycles. The fraction of sp³-hybridized carbons (Fsp3) is 0.357. The summed E-state index contributed by atoms with van der Waals surface area (Å²) in [7, 11) is 0. The number of benzene rings is 1. The van der Waals surface area contributed by atoms with Crippen molar-refractivity contribution in [3.05, 3.63) is 35.9 Å². The number of carbonyl (C=O) groups excluding carboxylic acids is 1. The Morgan fingerprint density at radius 2 is 2.05 bits per heavy atom. The van der Waals surface area contributed by atoms with Gasteiger partial charge in [0.1, 0.15) is 0 Å². The van der Waals surface area contributed by atoms with Gasteiger partial charge in [-0.05, 0) is 28.9 Å². The molecule has 0 fully saturated rings. The van der Waals surface area contributed by atoms with Gasteiger partial charge in [-0.15, -0.1) is 5.10 Å². The Morgan fingerprint density at radius 1 is 1.32 bits per heavy atom. The number of thiocarbonyl (C=S) groups is 1. The number of aromatic nitrogens is 4. The van der Waals surface area contributed by atoms with E-state index in [1.807, 2.05) is 30.3 Å². The lowest BCUT2D eigenvalue weighted by molar-refractivity contribution is -0.119. The summed E-state index contributed by atoms with van der Waals surface area (Å²) in [5, 5.41) is 17.4. The predicted molar refractivity (Wildman–Crippen MR) is 87.2 cm³/mol. The summed E-state index contributed by atoms with van der Waals surface area (Å²) < 4.78 is 0. The van der Waals surface area contributed by atoms with Gasteiger partial charge in [0.2, 0.25) is 5.91 Å². The molecule has 2 aromatic rings. The molecule has 0 aliphatic rings. The van der Waals surface area contributed by atoms with Gasteiger partial charge in [-0.2, -0.15) is 4.80 Å². The average Bonchev–Trinajstić information content (AvgIpc) is 2.85. The van der Waals surface area contributed by atoms with Crippen LogP contribution in [-0.4, -0.2) is 31.2 Å². The van der Waals surface area contributed by atoms with Gasteiger partial charge in [0.15, 0.2) is 5.11 Å². The minimum atomic E-state index is -0.196. The molecule has 0 saturated carbocycles. The van der Waals surface area contributed by atoms with Crippen LogP contribution in [0.25, 0.3) is 0 Å². The molecule has 0 radical (unpaired) electrons. The molecule has 2 N–H and O–H groups in total. The number of carbonyl (C=O) groups is 1. The van der Waals surface area contributed by atoms with Crippen LogP contribution in [0.2, 0.25) is 0 Å². The standard InChI is InChI=1S/C14H18N6OS/c1-10(2)9-20-18-13(17-19-20)16-14(22)15-12(21)8-11-6-4-3-5-7-11/h3-7,10H,8-9H2,1-2H3,(H2,15,16,18,21,22). The number of hydrogen-bond donors (Lipinski definition) is 2. The van der Waals surface area contributed by atoms with Gasteiger partial charge in [0.25, 0.3) is 5.95 Å². The molecule has 0 unspecified atom stereocenters. The molecule has 0 saturated heterocycles. The van der Waals surface area contributed by atoms with Crippen LogP contribution in [0.1, 0.15) is 19.4 Å². The van der Waals surface area contributed by atoms with Crippen molar-refractivity contribution in [3.63, 3.8) is 0 Å². The molecular formula is C14H18N6OS. The Hall–Kier alpha value is -2.35. The number of tetrazole rings is 1. The van der Waals surface area contributed by atoms with E-state index in [-0.39, 0.29) is 23.4 Å². The van der Waals surface area contributed by atoms with Crippen molar-refractivity contribution in [2.45, 2.75) is 26.8 Å². The first-order valence-electron chi connectivity index (χ1n) is 6.95. The van der Waals surface area contributed by atoms with Gasteiger partial charge < -0.3 is 5.32 Å². The number of nitrogens with one attached hydrogen (secondary N) is 2. The average molecular weight is 318 g/mol. The van der Waals surface area contributed by atoms with E-state index in [9.17, 15) is 4.79 Å². The number of rotatable bonds is 5. The number of nitrogens with zero attached hydrogens (tertiary/aromatic N) is 4. The molecule has 0 aliphatic carbocycles. The van der Waals surface area contributed by atoms with E-state index in [0.717, 1.165) is 5.56 Å². The number of anilines is 1. The Balaban J connectivity index is 1.82. The second-order valence-electron chi connectivity index (χ2n) is 5.23. The fourth-order valence-corrected chi connectivity index (χ4v) is 1.99. The van der Waals surface area contributed by atoms with Crippen LogP contribution >= 0.6 is 12.2 Å². The van der Waals surface area contributed by atoms with Crippen LogP contribution in [0.15, 0.2) is 30.3 Å². The first kappa shape index (κ1) is 16.0. The van der Waals surface area contributed by atoms with E-state index in [2.05, 4.69) is 39.9 Å². The molecule has 1 heterocycles. The monoisotopic (exact) mass is 318 g/mol. The summed E-state index contributed by atoms with van der Waals surface area (Å²) in [4.78, 5) is 13.4. The van der Waals surface area contributed by atoms with Crippen LogP contribution in [0, 0.1) is 5.92 Å². The fourth-order valence-electron chi connectivity index (χ4n) is 1.78. The summed E-state index contributed by atoms with van der Waals surface area (Å²) >= 11 is 5.07. The third-order valence-corrected chi connectivity index (χ3v) is 2.87. The van der Waals surface area contributed by atoms with Gasteiger partial charge in [-0.25, -0.2) is 0 Å². The van der Waals surface area contributed by atoms with E-state index >= 15 is 0 Å². The zero-order valence-corrected chi connectivity index (χ0v) is 13.3. The lowest BCUT2D eigenvalue weighted by atomic mass is 10.1. The number of hydrogen-bond acceptors (Lipinski definition) is 5. The Morgan fingerprint density at radius 3 is 2.73 bits per heavy atom. The highest BCUT2D eigenvalue weighted by atomic mass is 32.1. The molecule has 0 aliphatic heterocycles. The molecule has 8 heteroatoms. The minimum Gasteiger partial charge on any atom is -0.303 e. The van der Waals surface area contributed by atoms with E-state index in [1.54, 1.807) is 0 Å². The summed E-state index contributed by atoms with van der Waals surface area (Å²) in [5.74, 6) is 0.489. The van der Waals surface area contributed by atoms with Crippen molar-refractivity contribution in [2.75, 3.05) is 5.32 Å². The molecule has 22 heavy (non-hydrogen) atoms. The van der Waals surface area contributed by atoms with Crippen molar-refractivity contribution in [1.82, 2.24) is 25.5 Å². The van der Waals surface area contributed by atoms with E-state index in [0.29, 0.717) is 12.5 Å². The normalized spacial score (nSPS) is 10.5. The first-order chi connectivity index (χ1) is 10.5. The molecule has 2 rings (SSSR count). The lowest BCUT2D eigenvalue weighted by Crippen LogP contribution is -2.35. The van der Waals surface area contributed by atoms with E-state index in [1.165, 1.54) is 4.80 Å². The van der Waals surface area contributed by atoms with Crippen LogP contribution in [-0.2, 0) is 17.8 Å². The molecule has 0 bridgehead atoms. The smallest absolute Gasteiger partial charge is 0.269 e. The Bertz CT molecular complexity index is 640. The molecule has 1 aromatic carbocycles. The lowest BCUT2D eigenvalue weighted by Gasteiger charge is -2.06. The second-order valence-corrected chi connectivity index (χ2v) is 5.63. The summed E-state index contributed by atoms with van der Waals surface area (Å²) in [6, 6.07) is 9.44. The topological polar surface area (TPSA) is 84.7 Å². The van der Waals surface area contributed by atoms with E-state index < -0.39 is 0 Å². The molecule has 7 nitrogen and oxygen atoms in total. The minimum absolute atomic E-state index is 0.157. The zero-order valence-electron chi connectivity index (χ0n) is 12.5. The van der Waals surface area contributed by atoms with Gasteiger partial charge in [-0.1, -0.05) is 49.3 Å². The second kappa shape index (κ2) is 7.60. The van der Waals surface area contributed by atoms with E-state index in [4.69, 9.17) is 12.2 Å². The molecule has 0 spiro atoms. The highest BCUT2D eigenvalue weighted by Crippen LogP contribution is 2.00. The van der Waals surface area contributed by atoms with Crippen molar-refractivity contribution >= 4 is 29.2 Å². The highest BCUT2D eigenvalue weighted by molar-refractivity contribution is 7.80. The van der Waals surface area contributed by atoms with Gasteiger partial charge in [-0.3, -0.25) is 10.1 Å². The van der Waals surface area contributed by atoms with Crippen molar-refractivity contribution in [1.29, 1.82) is 0 Å². The van der Waals surface area contributed by atoms with Crippen molar-refractivity contribution in [2.24, 2.45) is 5.92 Å². The third-order valence-electron chi connectivity index (χ3n) is 2.67. The quantitative estimate of drug-likeness (QED) is 0.810. The van der Waals surface area contributed by atoms with Crippen LogP contribution in [0.5, 0.6) is 0 Å². The zero-order chi connectivity index (χ0) is 15.9. The Kier molecular flexibility index (Phi) is 5.54. The first-order valence-corrected chi connectivity index (χ1v) is 7.36. The largest absolute Gasteiger partial charge is 0.303 e. The van der Waals surface area contributed by atoms with Gasteiger partial charge >= 0.3 is 0 Å². The van der Waals surface area contributed by atoms with Crippen molar-refractivity contribution in [3.8, 4) is 0 Å². The van der Waals surface area contributed by atoms with Crippen LogP contribution in [0.3, 0.4) is 0 Å². The maximum Gasteiger partial charge on any atom is 0.269 e. The maximum atomic E-state index is 11.9. The Labute approximate surface area is 134 Å². The maximum absolute atomic E-state index is 11.9. The van der Waals surface area contributed by atoms with Crippen molar-refractivity contribution < 1.29 is 4.79 Å². The summed E-state index contributed by atoms with van der Waals surface area (Å²) in [5.41, 5.74) is 0.920.